The highest BCUT2D eigenvalue weighted by Crippen LogP contribution is 2.25. The summed E-state index contributed by atoms with van der Waals surface area (Å²) in [5, 5.41) is 9.08. The summed E-state index contributed by atoms with van der Waals surface area (Å²) in [6, 6.07) is 15.0. The van der Waals surface area contributed by atoms with Gasteiger partial charge in [-0.2, -0.15) is 0 Å². The lowest BCUT2D eigenvalue weighted by Crippen LogP contribution is -2.46. The molecule has 1 saturated heterocycles. The Morgan fingerprint density at radius 1 is 1.13 bits per heavy atom. The van der Waals surface area contributed by atoms with Crippen LogP contribution in [0.2, 0.25) is 0 Å². The Morgan fingerprint density at radius 2 is 1.97 bits per heavy atom. The number of aliphatic imine (C=N–C) groups is 1. The summed E-state index contributed by atoms with van der Waals surface area (Å²) >= 11 is 1.81. The van der Waals surface area contributed by atoms with Crippen LogP contribution >= 0.6 is 11.3 Å². The molecule has 2 N–H and O–H groups in total. The van der Waals surface area contributed by atoms with Gasteiger partial charge in [-0.1, -0.05) is 36.4 Å². The molecule has 1 aliphatic rings. The van der Waals surface area contributed by atoms with Crippen molar-refractivity contribution in [2.45, 2.75) is 25.5 Å². The Kier molecular flexibility index (Phi) is 10.2. The van der Waals surface area contributed by atoms with Crippen molar-refractivity contribution in [3.63, 3.8) is 0 Å². The Balaban J connectivity index is 1.33. The zero-order valence-electron chi connectivity index (χ0n) is 17.9. The standard InChI is InChI=1S/C23H34N4O2S/c1-24-23(25-11-5-6-14-29-19-20-8-3-2-4-9-20)26-18-21(22-10-7-17-30-22)27-12-15-28-16-13-27/h2-4,7-10,17,21H,5-6,11-16,18-19H2,1H3,(H2,24,25,26). The number of ether oxygens (including phenoxy) is 2. The predicted octanol–water partition coefficient (Wildman–Crippen LogP) is 3.28. The highest BCUT2D eigenvalue weighted by molar-refractivity contribution is 7.10. The molecule has 1 aliphatic heterocycles. The van der Waals surface area contributed by atoms with Crippen molar-refractivity contribution in [1.29, 1.82) is 0 Å². The molecule has 1 unspecified atom stereocenters. The van der Waals surface area contributed by atoms with Crippen molar-refractivity contribution in [2.75, 3.05) is 53.0 Å². The second-order valence-corrected chi connectivity index (χ2v) is 8.28. The summed E-state index contributed by atoms with van der Waals surface area (Å²) in [5.41, 5.74) is 1.22. The van der Waals surface area contributed by atoms with Gasteiger partial charge in [-0.25, -0.2) is 0 Å². The van der Waals surface area contributed by atoms with E-state index in [1.165, 1.54) is 10.4 Å². The summed E-state index contributed by atoms with van der Waals surface area (Å²) in [7, 11) is 1.83. The largest absolute Gasteiger partial charge is 0.379 e. The number of thiophene rings is 1. The van der Waals surface area contributed by atoms with E-state index >= 15 is 0 Å². The third-order valence-electron chi connectivity index (χ3n) is 5.16. The number of morpholine rings is 1. The van der Waals surface area contributed by atoms with E-state index in [0.717, 1.165) is 64.8 Å². The van der Waals surface area contributed by atoms with Gasteiger partial charge < -0.3 is 20.1 Å². The number of guanidine groups is 1. The van der Waals surface area contributed by atoms with Crippen molar-refractivity contribution < 1.29 is 9.47 Å². The van der Waals surface area contributed by atoms with E-state index in [1.807, 2.05) is 36.6 Å². The van der Waals surface area contributed by atoms with Gasteiger partial charge in [-0.05, 0) is 29.9 Å². The van der Waals surface area contributed by atoms with Crippen molar-refractivity contribution >= 4 is 17.3 Å². The lowest BCUT2D eigenvalue weighted by molar-refractivity contribution is 0.0177. The van der Waals surface area contributed by atoms with Gasteiger partial charge in [-0.15, -0.1) is 11.3 Å². The van der Waals surface area contributed by atoms with E-state index < -0.39 is 0 Å². The molecule has 0 aliphatic carbocycles. The summed E-state index contributed by atoms with van der Waals surface area (Å²) in [6.07, 6.45) is 2.08. The van der Waals surface area contributed by atoms with Crippen LogP contribution < -0.4 is 10.6 Å². The third-order valence-corrected chi connectivity index (χ3v) is 6.14. The van der Waals surface area contributed by atoms with Gasteiger partial charge >= 0.3 is 0 Å². The average Bonchev–Trinajstić information content (AvgIpc) is 3.33. The van der Waals surface area contributed by atoms with Crippen LogP contribution in [0.5, 0.6) is 0 Å². The molecule has 2 aromatic rings. The first-order valence-corrected chi connectivity index (χ1v) is 11.7. The molecule has 2 heterocycles. The molecule has 7 heteroatoms. The van der Waals surface area contributed by atoms with Gasteiger partial charge in [-0.3, -0.25) is 9.89 Å². The fourth-order valence-corrected chi connectivity index (χ4v) is 4.35. The van der Waals surface area contributed by atoms with E-state index in [4.69, 9.17) is 9.47 Å². The molecule has 3 rings (SSSR count). The van der Waals surface area contributed by atoms with Crippen LogP contribution in [0.4, 0.5) is 0 Å². The number of hydrogen-bond acceptors (Lipinski definition) is 5. The summed E-state index contributed by atoms with van der Waals surface area (Å²) < 4.78 is 11.3. The minimum Gasteiger partial charge on any atom is -0.379 e. The maximum absolute atomic E-state index is 5.75. The SMILES string of the molecule is CN=C(NCCCCOCc1ccccc1)NCC(c1cccs1)N1CCOCC1. The Bertz CT molecular complexity index is 718. The maximum Gasteiger partial charge on any atom is 0.191 e. The molecular formula is C23H34N4O2S. The monoisotopic (exact) mass is 430 g/mol. The Labute approximate surface area is 184 Å². The number of rotatable bonds is 11. The van der Waals surface area contributed by atoms with E-state index in [-0.39, 0.29) is 0 Å². The number of nitrogens with zero attached hydrogens (tertiary/aromatic N) is 2. The summed E-state index contributed by atoms with van der Waals surface area (Å²) in [4.78, 5) is 8.27. The second kappa shape index (κ2) is 13.4. The molecule has 1 aromatic carbocycles. The van der Waals surface area contributed by atoms with Gasteiger partial charge in [0.25, 0.3) is 0 Å². The molecule has 0 spiro atoms. The van der Waals surface area contributed by atoms with Gasteiger partial charge in [0.15, 0.2) is 5.96 Å². The molecule has 0 amide bonds. The fraction of sp³-hybridized carbons (Fsp3) is 0.522. The first-order valence-electron chi connectivity index (χ1n) is 10.8. The van der Waals surface area contributed by atoms with Crippen LogP contribution in [-0.4, -0.2) is 63.9 Å². The van der Waals surface area contributed by atoms with Gasteiger partial charge in [0, 0.05) is 44.7 Å². The number of nitrogens with one attached hydrogen (secondary N) is 2. The van der Waals surface area contributed by atoms with Gasteiger partial charge in [0.1, 0.15) is 0 Å². The topological polar surface area (TPSA) is 58.1 Å². The minimum atomic E-state index is 0.346. The molecule has 0 radical (unpaired) electrons. The van der Waals surface area contributed by atoms with E-state index in [9.17, 15) is 0 Å². The van der Waals surface area contributed by atoms with Crippen molar-refractivity contribution in [2.24, 2.45) is 4.99 Å². The van der Waals surface area contributed by atoms with Crippen LogP contribution in [0.15, 0.2) is 52.8 Å². The van der Waals surface area contributed by atoms with Crippen LogP contribution in [0, 0.1) is 0 Å². The predicted molar refractivity (Wildman–Crippen MR) is 124 cm³/mol. The van der Waals surface area contributed by atoms with Crippen molar-refractivity contribution in [3.05, 3.63) is 58.3 Å². The smallest absolute Gasteiger partial charge is 0.191 e. The highest BCUT2D eigenvalue weighted by atomic mass is 32.1. The van der Waals surface area contributed by atoms with Crippen molar-refractivity contribution in [3.8, 4) is 0 Å². The zero-order valence-corrected chi connectivity index (χ0v) is 18.7. The quantitative estimate of drug-likeness (QED) is 0.326. The van der Waals surface area contributed by atoms with E-state index in [2.05, 4.69) is 50.2 Å². The van der Waals surface area contributed by atoms with Crippen LogP contribution in [-0.2, 0) is 16.1 Å². The molecule has 30 heavy (non-hydrogen) atoms. The fourth-order valence-electron chi connectivity index (χ4n) is 3.49. The molecule has 0 bridgehead atoms. The molecule has 1 aromatic heterocycles. The normalized spacial score (nSPS) is 16.4. The van der Waals surface area contributed by atoms with Crippen LogP contribution in [0.3, 0.4) is 0 Å². The van der Waals surface area contributed by atoms with Gasteiger partial charge in [0.2, 0.25) is 0 Å². The van der Waals surface area contributed by atoms with Crippen molar-refractivity contribution in [1.82, 2.24) is 15.5 Å². The first-order chi connectivity index (χ1) is 14.9. The van der Waals surface area contributed by atoms with Crippen LogP contribution in [0.25, 0.3) is 0 Å². The Hall–Kier alpha value is -1.93. The number of benzene rings is 1. The molecule has 1 fully saturated rings. The lowest BCUT2D eigenvalue weighted by Gasteiger charge is -2.34. The van der Waals surface area contributed by atoms with E-state index in [1.54, 1.807) is 0 Å². The number of hydrogen-bond donors (Lipinski definition) is 2. The zero-order chi connectivity index (χ0) is 20.9. The second-order valence-electron chi connectivity index (χ2n) is 7.30. The third kappa shape index (κ3) is 7.72. The molecular weight excluding hydrogens is 396 g/mol. The lowest BCUT2D eigenvalue weighted by atomic mass is 10.2. The first kappa shape index (κ1) is 22.7. The van der Waals surface area contributed by atoms with Crippen LogP contribution in [0.1, 0.15) is 29.3 Å². The molecule has 1 atom stereocenters. The average molecular weight is 431 g/mol. The molecule has 0 saturated carbocycles. The van der Waals surface area contributed by atoms with Gasteiger partial charge in [0.05, 0.1) is 25.9 Å². The molecule has 6 nitrogen and oxygen atoms in total. The summed E-state index contributed by atoms with van der Waals surface area (Å²) in [6.45, 7) is 6.74. The van der Waals surface area contributed by atoms with E-state index in [0.29, 0.717) is 12.6 Å². The maximum atomic E-state index is 5.75. The number of unbranched alkanes of at least 4 members (excludes halogenated alkanes) is 1. The highest BCUT2D eigenvalue weighted by Gasteiger charge is 2.23. The summed E-state index contributed by atoms with van der Waals surface area (Å²) in [5.74, 6) is 0.856. The molecule has 164 valence electrons. The minimum absolute atomic E-state index is 0.346. The Morgan fingerprint density at radius 3 is 2.70 bits per heavy atom.